The first kappa shape index (κ1) is 12.8. The Morgan fingerprint density at radius 1 is 1.56 bits per heavy atom. The largest absolute Gasteiger partial charge is 0.409 e. The average Bonchev–Trinajstić information content (AvgIpc) is 2.76. The highest BCUT2D eigenvalue weighted by Crippen LogP contribution is 2.32. The summed E-state index contributed by atoms with van der Waals surface area (Å²) in [5.41, 5.74) is 6.64. The molecule has 0 aliphatic carbocycles. The summed E-state index contributed by atoms with van der Waals surface area (Å²) in [7, 11) is 0. The molecule has 0 aliphatic rings. The van der Waals surface area contributed by atoms with E-state index in [-0.39, 0.29) is 5.84 Å². The first-order valence-electron chi connectivity index (χ1n) is 4.97. The van der Waals surface area contributed by atoms with Gasteiger partial charge in [-0.15, -0.1) is 11.3 Å². The monoisotopic (exact) mass is 283 g/mol. The summed E-state index contributed by atoms with van der Waals surface area (Å²) in [6, 6.07) is 4.42. The molecule has 4 nitrogen and oxygen atoms in total. The van der Waals surface area contributed by atoms with E-state index < -0.39 is 5.82 Å². The van der Waals surface area contributed by atoms with Crippen molar-refractivity contribution in [2.75, 3.05) is 0 Å². The molecule has 0 amide bonds. The Kier molecular flexibility index (Phi) is 3.83. The van der Waals surface area contributed by atoms with Gasteiger partial charge < -0.3 is 10.9 Å². The maximum Gasteiger partial charge on any atom is 0.170 e. The van der Waals surface area contributed by atoms with E-state index in [2.05, 4.69) is 10.1 Å². The minimum atomic E-state index is -0.419. The molecule has 0 unspecified atom stereocenters. The second kappa shape index (κ2) is 5.36. The molecule has 1 aromatic carbocycles. The Labute approximate surface area is 111 Å². The Morgan fingerprint density at radius 2 is 2.33 bits per heavy atom. The van der Waals surface area contributed by atoms with Crippen LogP contribution in [0.3, 0.4) is 0 Å². The zero-order valence-corrected chi connectivity index (χ0v) is 11.1. The van der Waals surface area contributed by atoms with Crippen LogP contribution in [0.2, 0.25) is 0 Å². The van der Waals surface area contributed by atoms with Crippen LogP contribution in [0, 0.1) is 12.7 Å². The number of amidine groups is 1. The fourth-order valence-corrected chi connectivity index (χ4v) is 3.07. The zero-order chi connectivity index (χ0) is 13.1. The fourth-order valence-electron chi connectivity index (χ4n) is 1.27. The van der Waals surface area contributed by atoms with Gasteiger partial charge in [0.1, 0.15) is 5.82 Å². The van der Waals surface area contributed by atoms with Crippen molar-refractivity contribution in [2.24, 2.45) is 10.9 Å². The summed E-state index contributed by atoms with van der Waals surface area (Å²) in [4.78, 5) is 4.70. The zero-order valence-electron chi connectivity index (χ0n) is 9.42. The van der Waals surface area contributed by atoms with Crippen LogP contribution in [0.25, 0.3) is 0 Å². The number of thiazole rings is 1. The van der Waals surface area contributed by atoms with Gasteiger partial charge in [0.15, 0.2) is 10.2 Å². The Morgan fingerprint density at radius 3 is 2.89 bits per heavy atom. The van der Waals surface area contributed by atoms with Crippen molar-refractivity contribution < 1.29 is 9.60 Å². The van der Waals surface area contributed by atoms with Gasteiger partial charge in [-0.25, -0.2) is 9.37 Å². The quantitative estimate of drug-likeness (QED) is 0.393. The molecule has 7 heteroatoms. The van der Waals surface area contributed by atoms with Crippen LogP contribution in [0.15, 0.2) is 38.0 Å². The molecule has 0 aliphatic heterocycles. The molecule has 0 saturated heterocycles. The molecule has 1 heterocycles. The number of hydrogen-bond donors (Lipinski definition) is 2. The van der Waals surface area contributed by atoms with Gasteiger partial charge in [-0.2, -0.15) is 0 Å². The van der Waals surface area contributed by atoms with Gasteiger partial charge in [0.25, 0.3) is 0 Å². The minimum absolute atomic E-state index is 0.115. The predicted octanol–water partition coefficient (Wildman–Crippen LogP) is 2.84. The molecule has 0 saturated carbocycles. The third-order valence-corrected chi connectivity index (χ3v) is 4.24. The van der Waals surface area contributed by atoms with Crippen molar-refractivity contribution in [1.29, 1.82) is 0 Å². The summed E-state index contributed by atoms with van der Waals surface area (Å²) < 4.78 is 14.6. The van der Waals surface area contributed by atoms with Crippen LogP contribution in [-0.2, 0) is 0 Å². The molecule has 0 atom stereocenters. The van der Waals surface area contributed by atoms with Gasteiger partial charge in [-0.05, 0) is 25.1 Å². The third-order valence-electron chi connectivity index (χ3n) is 2.13. The van der Waals surface area contributed by atoms with Gasteiger partial charge in [0.05, 0.1) is 4.90 Å². The minimum Gasteiger partial charge on any atom is -0.409 e. The van der Waals surface area contributed by atoms with E-state index in [0.717, 1.165) is 10.0 Å². The molecule has 0 radical (unpaired) electrons. The highest BCUT2D eigenvalue weighted by molar-refractivity contribution is 8.01. The van der Waals surface area contributed by atoms with Crippen LogP contribution in [0.4, 0.5) is 4.39 Å². The van der Waals surface area contributed by atoms with Crippen LogP contribution in [-0.4, -0.2) is 16.0 Å². The van der Waals surface area contributed by atoms with Crippen LogP contribution < -0.4 is 5.73 Å². The van der Waals surface area contributed by atoms with Crippen molar-refractivity contribution in [3.05, 3.63) is 40.7 Å². The van der Waals surface area contributed by atoms with Gasteiger partial charge in [0.2, 0.25) is 0 Å². The van der Waals surface area contributed by atoms with Crippen molar-refractivity contribution in [2.45, 2.75) is 16.2 Å². The van der Waals surface area contributed by atoms with E-state index in [9.17, 15) is 4.39 Å². The standard InChI is InChI=1S/C11H10FN3OS2/c1-6-5-17-11(14-6)18-9-3-2-7(4-8(9)12)10(13)15-16/h2-5,16H,1H3,(H2,13,15). The van der Waals surface area contributed by atoms with E-state index in [1.165, 1.54) is 29.2 Å². The average molecular weight is 283 g/mol. The second-order valence-corrected chi connectivity index (χ2v) is 5.63. The van der Waals surface area contributed by atoms with Gasteiger partial charge in [0, 0.05) is 16.6 Å². The van der Waals surface area contributed by atoms with Crippen molar-refractivity contribution in [3.63, 3.8) is 0 Å². The smallest absolute Gasteiger partial charge is 0.170 e. The van der Waals surface area contributed by atoms with E-state index in [4.69, 9.17) is 10.9 Å². The number of oxime groups is 1. The summed E-state index contributed by atoms with van der Waals surface area (Å²) in [6.07, 6.45) is 0. The summed E-state index contributed by atoms with van der Waals surface area (Å²) >= 11 is 2.72. The normalized spacial score (nSPS) is 11.8. The van der Waals surface area contributed by atoms with Crippen LogP contribution >= 0.6 is 23.1 Å². The summed E-state index contributed by atoms with van der Waals surface area (Å²) in [5, 5.41) is 13.2. The van der Waals surface area contributed by atoms with Crippen molar-refractivity contribution in [3.8, 4) is 0 Å². The molecule has 2 rings (SSSR count). The first-order valence-corrected chi connectivity index (χ1v) is 6.67. The Balaban J connectivity index is 2.25. The molecule has 1 aromatic heterocycles. The number of nitrogens with two attached hydrogens (primary N) is 1. The Hall–Kier alpha value is -1.60. The lowest BCUT2D eigenvalue weighted by molar-refractivity contribution is 0.318. The second-order valence-electron chi connectivity index (χ2n) is 3.49. The van der Waals surface area contributed by atoms with Crippen LogP contribution in [0.1, 0.15) is 11.3 Å². The molecule has 0 bridgehead atoms. The molecular weight excluding hydrogens is 273 g/mol. The number of nitrogens with zero attached hydrogens (tertiary/aromatic N) is 2. The number of aryl methyl sites for hydroxylation is 1. The molecule has 2 aromatic rings. The number of hydrogen-bond acceptors (Lipinski definition) is 5. The lowest BCUT2D eigenvalue weighted by Gasteiger charge is -2.03. The first-order chi connectivity index (χ1) is 8.60. The summed E-state index contributed by atoms with van der Waals surface area (Å²) in [6.45, 7) is 1.89. The maximum absolute atomic E-state index is 13.8. The third kappa shape index (κ3) is 2.80. The van der Waals surface area contributed by atoms with E-state index in [1.54, 1.807) is 12.1 Å². The fraction of sp³-hybridized carbons (Fsp3) is 0.0909. The van der Waals surface area contributed by atoms with E-state index in [1.807, 2.05) is 12.3 Å². The van der Waals surface area contributed by atoms with Crippen molar-refractivity contribution in [1.82, 2.24) is 4.98 Å². The SMILES string of the molecule is Cc1csc(Sc2ccc(/C(N)=N/O)cc2F)n1. The Bertz CT molecular complexity index is 598. The predicted molar refractivity (Wildman–Crippen MR) is 69.9 cm³/mol. The molecular formula is C11H10FN3OS2. The highest BCUT2D eigenvalue weighted by atomic mass is 32.2. The lowest BCUT2D eigenvalue weighted by Crippen LogP contribution is -2.13. The molecule has 0 fully saturated rings. The number of benzene rings is 1. The topological polar surface area (TPSA) is 71.5 Å². The molecule has 94 valence electrons. The number of aromatic nitrogens is 1. The van der Waals surface area contributed by atoms with E-state index in [0.29, 0.717) is 10.5 Å². The highest BCUT2D eigenvalue weighted by Gasteiger charge is 2.09. The van der Waals surface area contributed by atoms with Gasteiger partial charge >= 0.3 is 0 Å². The molecule has 0 spiro atoms. The molecule has 3 N–H and O–H groups in total. The summed E-state index contributed by atoms with van der Waals surface area (Å²) in [5.74, 6) is -0.535. The number of halogens is 1. The lowest BCUT2D eigenvalue weighted by atomic mass is 10.2. The van der Waals surface area contributed by atoms with Crippen molar-refractivity contribution >= 4 is 28.9 Å². The maximum atomic E-state index is 13.8. The van der Waals surface area contributed by atoms with Gasteiger partial charge in [-0.1, -0.05) is 16.9 Å². The number of rotatable bonds is 3. The van der Waals surface area contributed by atoms with E-state index >= 15 is 0 Å². The van der Waals surface area contributed by atoms with Crippen LogP contribution in [0.5, 0.6) is 0 Å². The molecule has 18 heavy (non-hydrogen) atoms. The van der Waals surface area contributed by atoms with Gasteiger partial charge in [-0.3, -0.25) is 0 Å².